The second-order valence-corrected chi connectivity index (χ2v) is 6.28. The lowest BCUT2D eigenvalue weighted by molar-refractivity contribution is -0.131. The lowest BCUT2D eigenvalue weighted by Crippen LogP contribution is -2.36. The Morgan fingerprint density at radius 3 is 2.95 bits per heavy atom. The first-order valence-corrected chi connectivity index (χ1v) is 8.12. The van der Waals surface area contributed by atoms with E-state index in [9.17, 15) is 9.18 Å². The van der Waals surface area contributed by atoms with Crippen molar-refractivity contribution in [3.05, 3.63) is 24.0 Å². The summed E-state index contributed by atoms with van der Waals surface area (Å²) in [5.74, 6) is -0.0488. The van der Waals surface area contributed by atoms with Crippen LogP contribution in [0.1, 0.15) is 25.7 Å². The van der Waals surface area contributed by atoms with E-state index in [0.717, 1.165) is 41.3 Å². The molecule has 2 aromatic rings. The van der Waals surface area contributed by atoms with E-state index in [1.807, 2.05) is 4.90 Å². The molecule has 0 spiro atoms. The molecule has 3 rings (SSSR count). The van der Waals surface area contributed by atoms with Gasteiger partial charge in [0.2, 0.25) is 5.91 Å². The summed E-state index contributed by atoms with van der Waals surface area (Å²) in [6.45, 7) is 2.34. The number of rotatable bonds is 4. The number of carbonyl (C=O) groups is 1. The number of anilines is 1. The number of thiazole rings is 1. The lowest BCUT2D eigenvalue weighted by atomic mass is 10.1. The number of piperidine rings is 1. The van der Waals surface area contributed by atoms with Crippen molar-refractivity contribution in [2.45, 2.75) is 25.7 Å². The number of hydrogen-bond acceptors (Lipinski definition) is 4. The Labute approximate surface area is 127 Å². The smallest absolute Gasteiger partial charge is 0.224 e. The Morgan fingerprint density at radius 2 is 2.14 bits per heavy atom. The van der Waals surface area contributed by atoms with E-state index >= 15 is 0 Å². The number of nitrogens with one attached hydrogen (secondary N) is 1. The lowest BCUT2D eigenvalue weighted by Gasteiger charge is -2.26. The molecular formula is C15H18FN3OS. The molecule has 0 aliphatic carbocycles. The van der Waals surface area contributed by atoms with Crippen LogP contribution in [0.4, 0.5) is 9.52 Å². The number of benzene rings is 1. The van der Waals surface area contributed by atoms with Gasteiger partial charge in [0.15, 0.2) is 5.13 Å². The normalized spacial score (nSPS) is 15.4. The minimum atomic E-state index is -0.252. The number of carbonyl (C=O) groups excluding carboxylic acids is 1. The van der Waals surface area contributed by atoms with Gasteiger partial charge in [0.25, 0.3) is 0 Å². The fourth-order valence-corrected chi connectivity index (χ4v) is 3.47. The monoisotopic (exact) mass is 307 g/mol. The van der Waals surface area contributed by atoms with Crippen LogP contribution < -0.4 is 5.32 Å². The van der Waals surface area contributed by atoms with Crippen molar-refractivity contribution in [3.63, 3.8) is 0 Å². The van der Waals surface area contributed by atoms with Gasteiger partial charge in [0.05, 0.1) is 10.2 Å². The number of hydrogen-bond donors (Lipinski definition) is 1. The second-order valence-electron chi connectivity index (χ2n) is 5.25. The summed E-state index contributed by atoms with van der Waals surface area (Å²) in [7, 11) is 0. The molecule has 0 atom stereocenters. The highest BCUT2D eigenvalue weighted by atomic mass is 32.1. The highest BCUT2D eigenvalue weighted by Gasteiger charge is 2.15. The average molecular weight is 307 g/mol. The van der Waals surface area contributed by atoms with Crippen LogP contribution in [0.3, 0.4) is 0 Å². The van der Waals surface area contributed by atoms with Crippen LogP contribution in [0.15, 0.2) is 18.2 Å². The van der Waals surface area contributed by atoms with Gasteiger partial charge in [-0.25, -0.2) is 9.37 Å². The van der Waals surface area contributed by atoms with E-state index < -0.39 is 0 Å². The predicted molar refractivity (Wildman–Crippen MR) is 83.1 cm³/mol. The zero-order valence-electron chi connectivity index (χ0n) is 11.8. The molecule has 0 saturated carbocycles. The molecule has 1 aliphatic rings. The minimum absolute atomic E-state index is 0.203. The molecule has 1 N–H and O–H groups in total. The summed E-state index contributed by atoms with van der Waals surface area (Å²) in [5.41, 5.74) is 0.784. The van der Waals surface area contributed by atoms with Gasteiger partial charge < -0.3 is 10.2 Å². The van der Waals surface area contributed by atoms with Crippen molar-refractivity contribution in [2.75, 3.05) is 25.0 Å². The van der Waals surface area contributed by atoms with Crippen molar-refractivity contribution in [1.29, 1.82) is 0 Å². The Hall–Kier alpha value is -1.69. The van der Waals surface area contributed by atoms with E-state index in [4.69, 9.17) is 0 Å². The van der Waals surface area contributed by atoms with E-state index in [1.165, 1.54) is 29.9 Å². The third-order valence-electron chi connectivity index (χ3n) is 3.67. The van der Waals surface area contributed by atoms with Gasteiger partial charge in [-0.1, -0.05) is 11.3 Å². The maximum absolute atomic E-state index is 13.1. The molecule has 0 radical (unpaired) electrons. The SMILES string of the molecule is O=C(CCNc1nc2ccc(F)cc2s1)N1CCCCC1. The van der Waals surface area contributed by atoms with Crippen LogP contribution in [0.2, 0.25) is 0 Å². The molecule has 1 aromatic carbocycles. The average Bonchev–Trinajstić information content (AvgIpc) is 2.89. The number of halogens is 1. The molecule has 1 fully saturated rings. The standard InChI is InChI=1S/C15H18FN3OS/c16-11-4-5-12-13(10-11)21-15(18-12)17-7-6-14(20)19-8-2-1-3-9-19/h4-5,10H,1-3,6-9H2,(H,17,18). The summed E-state index contributed by atoms with van der Waals surface area (Å²) in [4.78, 5) is 18.3. The van der Waals surface area contributed by atoms with Crippen LogP contribution in [0, 0.1) is 5.82 Å². The first-order valence-electron chi connectivity index (χ1n) is 7.30. The van der Waals surface area contributed by atoms with Crippen molar-refractivity contribution < 1.29 is 9.18 Å². The van der Waals surface area contributed by atoms with Crippen molar-refractivity contribution in [2.24, 2.45) is 0 Å². The van der Waals surface area contributed by atoms with Crippen molar-refractivity contribution in [1.82, 2.24) is 9.88 Å². The first kappa shape index (κ1) is 14.3. The fourth-order valence-electron chi connectivity index (χ4n) is 2.55. The number of likely N-dealkylation sites (tertiary alicyclic amines) is 1. The Balaban J connectivity index is 1.53. The van der Waals surface area contributed by atoms with Crippen LogP contribution >= 0.6 is 11.3 Å². The van der Waals surface area contributed by atoms with Gasteiger partial charge in [-0.15, -0.1) is 0 Å². The molecular weight excluding hydrogens is 289 g/mol. The Bertz CT molecular complexity index is 637. The number of nitrogens with zero attached hydrogens (tertiary/aromatic N) is 2. The van der Waals surface area contributed by atoms with Gasteiger partial charge in [-0.3, -0.25) is 4.79 Å². The largest absolute Gasteiger partial charge is 0.361 e. The Kier molecular flexibility index (Phi) is 4.34. The molecule has 112 valence electrons. The van der Waals surface area contributed by atoms with Gasteiger partial charge in [-0.2, -0.15) is 0 Å². The highest BCUT2D eigenvalue weighted by molar-refractivity contribution is 7.22. The number of aromatic nitrogens is 1. The molecule has 4 nitrogen and oxygen atoms in total. The summed E-state index contributed by atoms with van der Waals surface area (Å²) in [6.07, 6.45) is 3.93. The van der Waals surface area contributed by atoms with Crippen LogP contribution in [0.5, 0.6) is 0 Å². The Morgan fingerprint density at radius 1 is 1.33 bits per heavy atom. The number of fused-ring (bicyclic) bond motifs is 1. The highest BCUT2D eigenvalue weighted by Crippen LogP contribution is 2.26. The van der Waals surface area contributed by atoms with Crippen LogP contribution in [0.25, 0.3) is 10.2 Å². The first-order chi connectivity index (χ1) is 10.2. The summed E-state index contributed by atoms with van der Waals surface area (Å²) in [5, 5.41) is 3.90. The van der Waals surface area contributed by atoms with Crippen LogP contribution in [-0.2, 0) is 4.79 Å². The van der Waals surface area contributed by atoms with Gasteiger partial charge in [0, 0.05) is 26.1 Å². The summed E-state index contributed by atoms with van der Waals surface area (Å²) in [6, 6.07) is 4.56. The third-order valence-corrected chi connectivity index (χ3v) is 4.65. The van der Waals surface area contributed by atoms with E-state index in [0.29, 0.717) is 13.0 Å². The molecule has 1 aliphatic heterocycles. The van der Waals surface area contributed by atoms with Crippen LogP contribution in [-0.4, -0.2) is 35.4 Å². The predicted octanol–water partition coefficient (Wildman–Crippen LogP) is 3.25. The topological polar surface area (TPSA) is 45.2 Å². The summed E-state index contributed by atoms with van der Waals surface area (Å²) < 4.78 is 13.9. The van der Waals surface area contributed by atoms with E-state index in [2.05, 4.69) is 10.3 Å². The quantitative estimate of drug-likeness (QED) is 0.943. The molecule has 21 heavy (non-hydrogen) atoms. The molecule has 6 heteroatoms. The molecule has 1 aromatic heterocycles. The molecule has 0 bridgehead atoms. The maximum atomic E-state index is 13.1. The van der Waals surface area contributed by atoms with Gasteiger partial charge in [0.1, 0.15) is 5.82 Å². The maximum Gasteiger partial charge on any atom is 0.224 e. The zero-order valence-corrected chi connectivity index (χ0v) is 12.6. The van der Waals surface area contributed by atoms with E-state index in [-0.39, 0.29) is 11.7 Å². The molecule has 0 unspecified atom stereocenters. The minimum Gasteiger partial charge on any atom is -0.361 e. The fraction of sp³-hybridized carbons (Fsp3) is 0.467. The summed E-state index contributed by atoms with van der Waals surface area (Å²) >= 11 is 1.41. The zero-order chi connectivity index (χ0) is 14.7. The molecule has 2 heterocycles. The molecule has 1 amide bonds. The second kappa shape index (κ2) is 6.39. The van der Waals surface area contributed by atoms with Crippen molar-refractivity contribution in [3.8, 4) is 0 Å². The molecule has 1 saturated heterocycles. The van der Waals surface area contributed by atoms with Gasteiger partial charge in [-0.05, 0) is 37.5 Å². The number of amides is 1. The third kappa shape index (κ3) is 3.50. The van der Waals surface area contributed by atoms with Gasteiger partial charge >= 0.3 is 0 Å². The van der Waals surface area contributed by atoms with Crippen molar-refractivity contribution >= 4 is 32.6 Å². The van der Waals surface area contributed by atoms with E-state index in [1.54, 1.807) is 6.07 Å².